The molecule has 1 aliphatic heterocycles. The summed E-state index contributed by atoms with van der Waals surface area (Å²) in [6.45, 7) is 0.494. The largest absolute Gasteiger partial charge is 0.307 e. The van der Waals surface area contributed by atoms with Gasteiger partial charge in [0.2, 0.25) is 10.0 Å². The third kappa shape index (κ3) is 3.21. The molecule has 1 saturated heterocycles. The molecule has 0 spiro atoms. The van der Waals surface area contributed by atoms with Crippen molar-refractivity contribution in [3.63, 3.8) is 0 Å². The molecule has 2 aliphatic rings. The third-order valence-electron chi connectivity index (χ3n) is 5.10. The topological polar surface area (TPSA) is 84.3 Å². The number of carbonyl (C=O) groups is 1. The van der Waals surface area contributed by atoms with E-state index in [-0.39, 0.29) is 11.7 Å². The van der Waals surface area contributed by atoms with E-state index in [1.807, 2.05) is 4.68 Å². The van der Waals surface area contributed by atoms with Gasteiger partial charge >= 0.3 is 0 Å². The molecular formula is C18H22N4O3S. The molecule has 1 saturated carbocycles. The van der Waals surface area contributed by atoms with E-state index in [4.69, 9.17) is 0 Å². The molecule has 0 radical (unpaired) electrons. The summed E-state index contributed by atoms with van der Waals surface area (Å²) in [6, 6.07) is 8.85. The van der Waals surface area contributed by atoms with Crippen LogP contribution in [-0.2, 0) is 10.0 Å². The first-order chi connectivity index (χ1) is 12.5. The second-order valence-electron chi connectivity index (χ2n) is 6.84. The van der Waals surface area contributed by atoms with Gasteiger partial charge in [-0.2, -0.15) is 5.10 Å². The van der Waals surface area contributed by atoms with Crippen molar-refractivity contribution in [2.24, 2.45) is 0 Å². The fourth-order valence-electron chi connectivity index (χ4n) is 3.75. The maximum absolute atomic E-state index is 12.6. The Balaban J connectivity index is 1.48. The monoisotopic (exact) mass is 374 g/mol. The molecule has 7 nitrogen and oxygen atoms in total. The zero-order valence-corrected chi connectivity index (χ0v) is 15.3. The number of anilines is 2. The van der Waals surface area contributed by atoms with Crippen molar-refractivity contribution >= 4 is 27.4 Å². The van der Waals surface area contributed by atoms with Crippen molar-refractivity contribution in [1.29, 1.82) is 0 Å². The van der Waals surface area contributed by atoms with E-state index in [2.05, 4.69) is 10.4 Å². The Morgan fingerprint density at radius 2 is 1.81 bits per heavy atom. The molecule has 4 rings (SSSR count). The predicted molar refractivity (Wildman–Crippen MR) is 99.9 cm³/mol. The molecule has 138 valence electrons. The lowest BCUT2D eigenvalue weighted by Crippen LogP contribution is -2.25. The van der Waals surface area contributed by atoms with Crippen LogP contribution in [0.1, 0.15) is 48.5 Å². The minimum absolute atomic E-state index is 0.181. The normalized spacial score (nSPS) is 19.8. The van der Waals surface area contributed by atoms with E-state index in [0.717, 1.165) is 12.8 Å². The van der Waals surface area contributed by atoms with E-state index >= 15 is 0 Å². The number of rotatable bonds is 4. The van der Waals surface area contributed by atoms with Crippen molar-refractivity contribution in [3.8, 4) is 0 Å². The molecule has 2 heterocycles. The van der Waals surface area contributed by atoms with Gasteiger partial charge in [0, 0.05) is 18.2 Å². The molecule has 2 aromatic rings. The van der Waals surface area contributed by atoms with Gasteiger partial charge in [-0.1, -0.05) is 12.8 Å². The number of sulfonamides is 1. The molecule has 1 N–H and O–H groups in total. The second kappa shape index (κ2) is 6.75. The Kier molecular flexibility index (Phi) is 4.44. The van der Waals surface area contributed by atoms with Crippen LogP contribution in [0.4, 0.5) is 11.5 Å². The molecule has 0 bridgehead atoms. The van der Waals surface area contributed by atoms with Gasteiger partial charge in [-0.3, -0.25) is 9.10 Å². The first-order valence-corrected chi connectivity index (χ1v) is 10.6. The second-order valence-corrected chi connectivity index (χ2v) is 8.85. The molecule has 2 fully saturated rings. The summed E-state index contributed by atoms with van der Waals surface area (Å²) in [6.07, 6.45) is 6.90. The smallest absolute Gasteiger partial charge is 0.256 e. The molecule has 0 atom stereocenters. The summed E-state index contributed by atoms with van der Waals surface area (Å²) in [5.41, 5.74) is 1.10. The number of nitrogens with one attached hydrogen (secondary N) is 1. The van der Waals surface area contributed by atoms with Crippen LogP contribution < -0.4 is 9.62 Å². The van der Waals surface area contributed by atoms with E-state index in [0.29, 0.717) is 36.1 Å². The van der Waals surface area contributed by atoms with Gasteiger partial charge < -0.3 is 5.32 Å². The predicted octanol–water partition coefficient (Wildman–Crippen LogP) is 2.79. The fraction of sp³-hybridized carbons (Fsp3) is 0.444. The lowest BCUT2D eigenvalue weighted by molar-refractivity contribution is 0.102. The molecule has 1 aromatic carbocycles. The highest BCUT2D eigenvalue weighted by Crippen LogP contribution is 2.31. The quantitative estimate of drug-likeness (QED) is 0.892. The molecule has 0 unspecified atom stereocenters. The SMILES string of the molecule is O=C(Nc1ccnn1C1CCCC1)c1ccc(N2CCCS2(=O)=O)cc1. The number of hydrogen-bond donors (Lipinski definition) is 1. The average molecular weight is 374 g/mol. The zero-order valence-electron chi connectivity index (χ0n) is 14.5. The van der Waals surface area contributed by atoms with Crippen LogP contribution in [0.3, 0.4) is 0 Å². The van der Waals surface area contributed by atoms with Gasteiger partial charge in [0.15, 0.2) is 0 Å². The van der Waals surface area contributed by atoms with Crippen LogP contribution in [0.15, 0.2) is 36.5 Å². The lowest BCUT2D eigenvalue weighted by atomic mass is 10.2. The Hall–Kier alpha value is -2.35. The highest BCUT2D eigenvalue weighted by molar-refractivity contribution is 7.93. The molecule has 1 amide bonds. The van der Waals surface area contributed by atoms with Gasteiger partial charge in [0.1, 0.15) is 5.82 Å². The Bertz CT molecular complexity index is 899. The molecule has 1 aromatic heterocycles. The summed E-state index contributed by atoms with van der Waals surface area (Å²) in [7, 11) is -3.21. The standard InChI is InChI=1S/C18H22N4O3S/c23-18(20-17-10-11-19-22(17)16-4-1-2-5-16)14-6-8-15(9-7-14)21-12-3-13-26(21,24)25/h6-11,16H,1-5,12-13H2,(H,20,23). The van der Waals surface area contributed by atoms with Crippen LogP contribution in [0.5, 0.6) is 0 Å². The number of carbonyl (C=O) groups excluding carboxylic acids is 1. The number of nitrogens with zero attached hydrogens (tertiary/aromatic N) is 3. The van der Waals surface area contributed by atoms with Gasteiger partial charge in [0.25, 0.3) is 5.91 Å². The minimum atomic E-state index is -3.21. The first kappa shape index (κ1) is 17.1. The van der Waals surface area contributed by atoms with E-state index in [9.17, 15) is 13.2 Å². The molecule has 1 aliphatic carbocycles. The lowest BCUT2D eigenvalue weighted by Gasteiger charge is -2.17. The zero-order chi connectivity index (χ0) is 18.1. The van der Waals surface area contributed by atoms with Crippen LogP contribution >= 0.6 is 0 Å². The van der Waals surface area contributed by atoms with E-state index in [1.165, 1.54) is 17.1 Å². The summed E-state index contributed by atoms with van der Waals surface area (Å²) in [4.78, 5) is 12.6. The number of benzene rings is 1. The Morgan fingerprint density at radius 1 is 1.08 bits per heavy atom. The van der Waals surface area contributed by atoms with Crippen molar-refractivity contribution in [2.45, 2.75) is 38.1 Å². The number of amides is 1. The minimum Gasteiger partial charge on any atom is -0.307 e. The van der Waals surface area contributed by atoms with E-state index < -0.39 is 10.0 Å². The van der Waals surface area contributed by atoms with Crippen LogP contribution in [0.25, 0.3) is 0 Å². The highest BCUT2D eigenvalue weighted by Gasteiger charge is 2.28. The molecule has 26 heavy (non-hydrogen) atoms. The van der Waals surface area contributed by atoms with Crippen molar-refractivity contribution in [1.82, 2.24) is 9.78 Å². The molecule has 8 heteroatoms. The van der Waals surface area contributed by atoms with Crippen molar-refractivity contribution < 1.29 is 13.2 Å². The number of aromatic nitrogens is 2. The average Bonchev–Trinajstić information content (AvgIpc) is 3.35. The molecular weight excluding hydrogens is 352 g/mol. The maximum atomic E-state index is 12.6. The summed E-state index contributed by atoms with van der Waals surface area (Å²) < 4.78 is 27.3. The summed E-state index contributed by atoms with van der Waals surface area (Å²) in [5.74, 6) is 0.661. The maximum Gasteiger partial charge on any atom is 0.256 e. The Labute approximate surface area is 153 Å². The van der Waals surface area contributed by atoms with Gasteiger partial charge in [-0.05, 0) is 43.5 Å². The van der Waals surface area contributed by atoms with Crippen LogP contribution in [0.2, 0.25) is 0 Å². The van der Waals surface area contributed by atoms with E-state index in [1.54, 1.807) is 36.5 Å². The summed E-state index contributed by atoms with van der Waals surface area (Å²) in [5, 5.41) is 7.27. The van der Waals surface area contributed by atoms with Crippen molar-refractivity contribution in [2.75, 3.05) is 21.9 Å². The van der Waals surface area contributed by atoms with Gasteiger partial charge in [-0.25, -0.2) is 13.1 Å². The third-order valence-corrected chi connectivity index (χ3v) is 6.97. The fourth-order valence-corrected chi connectivity index (χ4v) is 5.31. The Morgan fingerprint density at radius 3 is 2.46 bits per heavy atom. The summed E-state index contributed by atoms with van der Waals surface area (Å²) >= 11 is 0. The van der Waals surface area contributed by atoms with Crippen LogP contribution in [0, 0.1) is 0 Å². The van der Waals surface area contributed by atoms with Crippen molar-refractivity contribution in [3.05, 3.63) is 42.1 Å². The van der Waals surface area contributed by atoms with Gasteiger partial charge in [-0.15, -0.1) is 0 Å². The first-order valence-electron chi connectivity index (χ1n) is 9.00. The van der Waals surface area contributed by atoms with Crippen LogP contribution in [-0.4, -0.2) is 36.4 Å². The number of hydrogen-bond acceptors (Lipinski definition) is 4. The van der Waals surface area contributed by atoms with Gasteiger partial charge in [0.05, 0.1) is 23.7 Å². The highest BCUT2D eigenvalue weighted by atomic mass is 32.2.